The molecule has 1 aromatic rings. The van der Waals surface area contributed by atoms with Crippen molar-refractivity contribution in [2.45, 2.75) is 13.0 Å². The monoisotopic (exact) mass is 312 g/mol. The lowest BCUT2D eigenvalue weighted by atomic mass is 10.2. The SMILES string of the molecule is Cc1cnc(NCC2CN(C)CCN2C)c(Br)c1. The number of hydrogen-bond acceptors (Lipinski definition) is 4. The van der Waals surface area contributed by atoms with E-state index in [0.717, 1.165) is 36.5 Å². The predicted octanol–water partition coefficient (Wildman–Crippen LogP) is 1.81. The number of aryl methyl sites for hydroxylation is 1. The van der Waals surface area contributed by atoms with E-state index in [1.54, 1.807) is 0 Å². The molecule has 0 radical (unpaired) electrons. The van der Waals surface area contributed by atoms with Gasteiger partial charge in [-0.2, -0.15) is 0 Å². The van der Waals surface area contributed by atoms with Crippen LogP contribution >= 0.6 is 15.9 Å². The van der Waals surface area contributed by atoms with Crippen molar-refractivity contribution in [2.75, 3.05) is 45.6 Å². The molecule has 4 nitrogen and oxygen atoms in total. The van der Waals surface area contributed by atoms with Crippen LogP contribution in [0.15, 0.2) is 16.7 Å². The van der Waals surface area contributed by atoms with E-state index in [4.69, 9.17) is 0 Å². The van der Waals surface area contributed by atoms with E-state index in [2.05, 4.69) is 56.2 Å². The van der Waals surface area contributed by atoms with Crippen LogP contribution in [0.4, 0.5) is 5.82 Å². The Morgan fingerprint density at radius 1 is 1.44 bits per heavy atom. The van der Waals surface area contributed by atoms with Gasteiger partial charge in [-0.15, -0.1) is 0 Å². The number of likely N-dealkylation sites (N-methyl/N-ethyl adjacent to an activating group) is 2. The van der Waals surface area contributed by atoms with Crippen LogP contribution in [0.2, 0.25) is 0 Å². The number of nitrogens with zero attached hydrogens (tertiary/aromatic N) is 3. The van der Waals surface area contributed by atoms with E-state index in [1.165, 1.54) is 5.56 Å². The average Bonchev–Trinajstić information content (AvgIpc) is 2.32. The van der Waals surface area contributed by atoms with Gasteiger partial charge >= 0.3 is 0 Å². The standard InChI is InChI=1S/C13H21BrN4/c1-10-6-12(14)13(15-7-10)16-8-11-9-17(2)4-5-18(11)3/h6-7,11H,4-5,8-9H2,1-3H3,(H,15,16). The quantitative estimate of drug-likeness (QED) is 0.922. The first kappa shape index (κ1) is 13.8. The summed E-state index contributed by atoms with van der Waals surface area (Å²) in [5, 5.41) is 3.43. The molecule has 0 bridgehead atoms. The minimum Gasteiger partial charge on any atom is -0.368 e. The Hall–Kier alpha value is -0.650. The zero-order chi connectivity index (χ0) is 13.1. The highest BCUT2D eigenvalue weighted by atomic mass is 79.9. The van der Waals surface area contributed by atoms with Crippen LogP contribution in [0.5, 0.6) is 0 Å². The third-order valence-corrected chi connectivity index (χ3v) is 4.07. The van der Waals surface area contributed by atoms with Gasteiger partial charge in [0.15, 0.2) is 0 Å². The summed E-state index contributed by atoms with van der Waals surface area (Å²) in [5.41, 5.74) is 1.17. The van der Waals surface area contributed by atoms with Crippen LogP contribution in [0.3, 0.4) is 0 Å². The lowest BCUT2D eigenvalue weighted by molar-refractivity contribution is 0.122. The summed E-state index contributed by atoms with van der Waals surface area (Å²) in [5.74, 6) is 0.933. The number of nitrogens with one attached hydrogen (secondary N) is 1. The number of halogens is 1. The molecule has 5 heteroatoms. The van der Waals surface area contributed by atoms with E-state index < -0.39 is 0 Å². The van der Waals surface area contributed by atoms with Crippen molar-refractivity contribution >= 4 is 21.7 Å². The first-order chi connectivity index (χ1) is 8.56. The Balaban J connectivity index is 1.94. The van der Waals surface area contributed by atoms with Gasteiger partial charge in [0.25, 0.3) is 0 Å². The number of pyridine rings is 1. The zero-order valence-corrected chi connectivity index (χ0v) is 12.9. The van der Waals surface area contributed by atoms with Crippen LogP contribution < -0.4 is 5.32 Å². The number of hydrogen-bond donors (Lipinski definition) is 1. The number of anilines is 1. The predicted molar refractivity (Wildman–Crippen MR) is 79.1 cm³/mol. The van der Waals surface area contributed by atoms with Gasteiger partial charge in [0.1, 0.15) is 5.82 Å². The Bertz CT molecular complexity index is 410. The molecule has 2 rings (SSSR count). The lowest BCUT2D eigenvalue weighted by Gasteiger charge is -2.37. The van der Waals surface area contributed by atoms with Crippen molar-refractivity contribution < 1.29 is 0 Å². The van der Waals surface area contributed by atoms with Crippen molar-refractivity contribution in [3.8, 4) is 0 Å². The van der Waals surface area contributed by atoms with Crippen LogP contribution in [0.25, 0.3) is 0 Å². The Morgan fingerprint density at radius 2 is 2.22 bits per heavy atom. The second kappa shape index (κ2) is 5.99. The lowest BCUT2D eigenvalue weighted by Crippen LogP contribution is -2.52. The van der Waals surface area contributed by atoms with Crippen molar-refractivity contribution in [2.24, 2.45) is 0 Å². The Labute approximate surface area is 118 Å². The molecule has 0 amide bonds. The maximum Gasteiger partial charge on any atom is 0.140 e. The summed E-state index contributed by atoms with van der Waals surface area (Å²) < 4.78 is 1.04. The largest absolute Gasteiger partial charge is 0.368 e. The van der Waals surface area contributed by atoms with E-state index in [0.29, 0.717) is 6.04 Å². The van der Waals surface area contributed by atoms with Gasteiger partial charge in [0.05, 0.1) is 4.47 Å². The van der Waals surface area contributed by atoms with E-state index in [1.807, 2.05) is 13.1 Å². The van der Waals surface area contributed by atoms with Gasteiger partial charge in [-0.3, -0.25) is 4.90 Å². The molecule has 1 aliphatic rings. The number of aromatic nitrogens is 1. The fourth-order valence-corrected chi connectivity index (χ4v) is 2.80. The summed E-state index contributed by atoms with van der Waals surface area (Å²) in [6.45, 7) is 6.36. The van der Waals surface area contributed by atoms with E-state index >= 15 is 0 Å². The van der Waals surface area contributed by atoms with Crippen molar-refractivity contribution in [3.05, 3.63) is 22.3 Å². The van der Waals surface area contributed by atoms with Crippen molar-refractivity contribution in [1.29, 1.82) is 0 Å². The molecule has 1 N–H and O–H groups in total. The van der Waals surface area contributed by atoms with Crippen LogP contribution in [-0.4, -0.2) is 61.1 Å². The molecule has 1 unspecified atom stereocenters. The minimum atomic E-state index is 0.541. The third kappa shape index (κ3) is 3.43. The van der Waals surface area contributed by atoms with Crippen molar-refractivity contribution in [3.63, 3.8) is 0 Å². The smallest absolute Gasteiger partial charge is 0.140 e. The Morgan fingerprint density at radius 3 is 2.94 bits per heavy atom. The maximum atomic E-state index is 4.42. The topological polar surface area (TPSA) is 31.4 Å². The van der Waals surface area contributed by atoms with Gasteiger partial charge in [-0.1, -0.05) is 0 Å². The molecule has 1 saturated heterocycles. The van der Waals surface area contributed by atoms with Crippen LogP contribution in [0.1, 0.15) is 5.56 Å². The van der Waals surface area contributed by atoms with E-state index in [-0.39, 0.29) is 0 Å². The van der Waals surface area contributed by atoms with Crippen LogP contribution in [0, 0.1) is 6.92 Å². The molecule has 0 aromatic carbocycles. The first-order valence-corrected chi connectivity index (χ1v) is 7.10. The summed E-state index contributed by atoms with van der Waals surface area (Å²) >= 11 is 3.55. The average molecular weight is 313 g/mol. The molecule has 0 aliphatic carbocycles. The molecule has 0 spiro atoms. The van der Waals surface area contributed by atoms with Gasteiger partial charge in [-0.25, -0.2) is 4.98 Å². The molecule has 100 valence electrons. The fraction of sp³-hybridized carbons (Fsp3) is 0.615. The third-order valence-electron chi connectivity index (χ3n) is 3.46. The molecule has 1 aliphatic heterocycles. The summed E-state index contributed by atoms with van der Waals surface area (Å²) in [7, 11) is 4.37. The van der Waals surface area contributed by atoms with Gasteiger partial charge in [0.2, 0.25) is 0 Å². The molecule has 1 aromatic heterocycles. The van der Waals surface area contributed by atoms with E-state index in [9.17, 15) is 0 Å². The number of piperazine rings is 1. The zero-order valence-electron chi connectivity index (χ0n) is 11.3. The van der Waals surface area contributed by atoms with Gasteiger partial charge in [0, 0.05) is 38.4 Å². The molecule has 1 fully saturated rings. The molecule has 2 heterocycles. The van der Waals surface area contributed by atoms with Gasteiger partial charge in [-0.05, 0) is 48.6 Å². The van der Waals surface area contributed by atoms with Crippen molar-refractivity contribution in [1.82, 2.24) is 14.8 Å². The van der Waals surface area contributed by atoms with Gasteiger partial charge < -0.3 is 10.2 Å². The first-order valence-electron chi connectivity index (χ1n) is 6.31. The highest BCUT2D eigenvalue weighted by molar-refractivity contribution is 9.10. The Kier molecular flexibility index (Phi) is 4.59. The van der Waals surface area contributed by atoms with Crippen LogP contribution in [-0.2, 0) is 0 Å². The molecule has 18 heavy (non-hydrogen) atoms. The summed E-state index contributed by atoms with van der Waals surface area (Å²) in [6.07, 6.45) is 1.89. The minimum absolute atomic E-state index is 0.541. The summed E-state index contributed by atoms with van der Waals surface area (Å²) in [6, 6.07) is 2.63. The maximum absolute atomic E-state index is 4.42. The molecule has 0 saturated carbocycles. The fourth-order valence-electron chi connectivity index (χ4n) is 2.20. The molecular formula is C13H21BrN4. The number of rotatable bonds is 3. The second-order valence-electron chi connectivity index (χ2n) is 5.12. The summed E-state index contributed by atoms with van der Waals surface area (Å²) in [4.78, 5) is 9.21. The highest BCUT2D eigenvalue weighted by Crippen LogP contribution is 2.20. The highest BCUT2D eigenvalue weighted by Gasteiger charge is 2.21. The normalized spacial score (nSPS) is 22.1. The molecular weight excluding hydrogens is 292 g/mol. The second-order valence-corrected chi connectivity index (χ2v) is 5.98. The molecule has 1 atom stereocenters.